The highest BCUT2D eigenvalue weighted by atomic mass is 16.7. The van der Waals surface area contributed by atoms with Crippen molar-refractivity contribution in [2.24, 2.45) is 0 Å². The molecule has 15 heteroatoms. The Kier molecular flexibility index (Phi) is 12.9. The molecular weight excluding hydrogens is 550 g/mol. The molecule has 0 spiro atoms. The molecule has 2 saturated heterocycles. The van der Waals surface area contributed by atoms with Gasteiger partial charge in [-0.15, -0.1) is 0 Å². The normalized spacial score (nSPS) is 27.4. The first-order valence-electron chi connectivity index (χ1n) is 13.2. The molecule has 0 aromatic rings. The van der Waals surface area contributed by atoms with Gasteiger partial charge in [-0.05, 0) is 19.3 Å². The second-order valence-corrected chi connectivity index (χ2v) is 9.73. The van der Waals surface area contributed by atoms with E-state index in [-0.39, 0.29) is 12.7 Å². The zero-order valence-electron chi connectivity index (χ0n) is 24.1. The molecule has 0 bridgehead atoms. The fourth-order valence-electron chi connectivity index (χ4n) is 4.71. The predicted octanol–water partition coefficient (Wildman–Crippen LogP) is 0.0932. The molecule has 2 rings (SSSR count). The van der Waals surface area contributed by atoms with Crippen LogP contribution < -0.4 is 5.32 Å². The molecule has 15 nitrogen and oxygen atoms in total. The van der Waals surface area contributed by atoms with Crippen molar-refractivity contribution >= 4 is 35.8 Å². The summed E-state index contributed by atoms with van der Waals surface area (Å²) in [5.41, 5.74) is 0. The molecule has 7 atom stereocenters. The average Bonchev–Trinajstić information content (AvgIpc) is 2.89. The first kappa shape index (κ1) is 33.9. The van der Waals surface area contributed by atoms with Crippen LogP contribution in [0.5, 0.6) is 0 Å². The molecule has 2 fully saturated rings. The van der Waals surface area contributed by atoms with Crippen LogP contribution in [0.3, 0.4) is 0 Å². The van der Waals surface area contributed by atoms with Gasteiger partial charge in [0.1, 0.15) is 18.8 Å². The fourth-order valence-corrected chi connectivity index (χ4v) is 4.71. The van der Waals surface area contributed by atoms with Gasteiger partial charge in [0.25, 0.3) is 5.79 Å². The van der Waals surface area contributed by atoms with Gasteiger partial charge < -0.3 is 43.2 Å². The lowest BCUT2D eigenvalue weighted by Gasteiger charge is -2.48. The van der Waals surface area contributed by atoms with Crippen molar-refractivity contribution in [2.75, 3.05) is 26.9 Å². The van der Waals surface area contributed by atoms with Gasteiger partial charge in [0.2, 0.25) is 5.91 Å². The lowest BCUT2D eigenvalue weighted by Crippen LogP contribution is -2.69. The standard InChI is InChI=1S/C26H39NO14/c1-14(28)27-22-20(38-16(3)30)11-26(25(33)34-6,37-12-19-9-7-8-10-35-19)41-24(22)23(40-18(5)32)21(39-17(4)31)13-36-15(2)29/h19-24H,7-13H2,1-6H3,(H,27,28)/t19-,20-,21?,22+,23+,24+,26+/m0/s1. The Labute approximate surface area is 237 Å². The van der Waals surface area contributed by atoms with Crippen LogP contribution in [0.2, 0.25) is 0 Å². The number of hydrogen-bond acceptors (Lipinski definition) is 14. The molecule has 1 N–H and O–H groups in total. The van der Waals surface area contributed by atoms with Crippen LogP contribution >= 0.6 is 0 Å². The minimum absolute atomic E-state index is 0.113. The van der Waals surface area contributed by atoms with Crippen molar-refractivity contribution in [3.05, 3.63) is 0 Å². The van der Waals surface area contributed by atoms with Gasteiger partial charge in [0.15, 0.2) is 12.2 Å². The minimum Gasteiger partial charge on any atom is -0.465 e. The number of methoxy groups -OCH3 is 1. The Morgan fingerprint density at radius 3 is 2.12 bits per heavy atom. The average molecular weight is 590 g/mol. The Morgan fingerprint density at radius 2 is 1.61 bits per heavy atom. The van der Waals surface area contributed by atoms with Crippen LogP contribution in [-0.4, -0.2) is 105 Å². The second-order valence-electron chi connectivity index (χ2n) is 9.73. The van der Waals surface area contributed by atoms with Crippen molar-refractivity contribution in [1.82, 2.24) is 5.32 Å². The molecule has 2 heterocycles. The summed E-state index contributed by atoms with van der Waals surface area (Å²) in [6.45, 7) is 5.36. The molecule has 0 aliphatic carbocycles. The molecule has 232 valence electrons. The molecule has 2 aliphatic rings. The maximum atomic E-state index is 13.3. The van der Waals surface area contributed by atoms with Gasteiger partial charge in [-0.25, -0.2) is 4.79 Å². The van der Waals surface area contributed by atoms with Crippen LogP contribution in [0.1, 0.15) is 60.3 Å². The number of ether oxygens (including phenoxy) is 8. The molecule has 1 unspecified atom stereocenters. The highest BCUT2D eigenvalue weighted by molar-refractivity contribution is 5.79. The molecule has 0 aromatic carbocycles. The molecule has 0 saturated carbocycles. The zero-order valence-corrected chi connectivity index (χ0v) is 24.1. The number of carbonyl (C=O) groups is 6. The molecule has 0 radical (unpaired) electrons. The van der Waals surface area contributed by atoms with Crippen LogP contribution in [-0.2, 0) is 66.7 Å². The molecule has 2 aliphatic heterocycles. The van der Waals surface area contributed by atoms with E-state index in [2.05, 4.69) is 5.32 Å². The van der Waals surface area contributed by atoms with E-state index < -0.39 is 85.0 Å². The van der Waals surface area contributed by atoms with Crippen LogP contribution in [0.15, 0.2) is 0 Å². The van der Waals surface area contributed by atoms with Gasteiger partial charge in [-0.2, -0.15) is 0 Å². The summed E-state index contributed by atoms with van der Waals surface area (Å²) in [6, 6.07) is -1.26. The summed E-state index contributed by atoms with van der Waals surface area (Å²) in [5.74, 6) is -7.03. The van der Waals surface area contributed by atoms with Crippen LogP contribution in [0.25, 0.3) is 0 Å². The number of hydrogen-bond donors (Lipinski definition) is 1. The quantitative estimate of drug-likeness (QED) is 0.238. The summed E-state index contributed by atoms with van der Waals surface area (Å²) < 4.78 is 44.3. The molecule has 1 amide bonds. The van der Waals surface area contributed by atoms with E-state index in [9.17, 15) is 28.8 Å². The maximum Gasteiger partial charge on any atom is 0.366 e. The first-order chi connectivity index (χ1) is 19.3. The van der Waals surface area contributed by atoms with Gasteiger partial charge in [-0.3, -0.25) is 24.0 Å². The van der Waals surface area contributed by atoms with Crippen LogP contribution in [0.4, 0.5) is 0 Å². The summed E-state index contributed by atoms with van der Waals surface area (Å²) in [6.07, 6.45) is -4.35. The second kappa shape index (κ2) is 15.6. The lowest BCUT2D eigenvalue weighted by molar-refractivity contribution is -0.319. The van der Waals surface area contributed by atoms with Crippen molar-refractivity contribution in [1.29, 1.82) is 0 Å². The van der Waals surface area contributed by atoms with E-state index in [0.29, 0.717) is 13.0 Å². The predicted molar refractivity (Wildman–Crippen MR) is 135 cm³/mol. The Bertz CT molecular complexity index is 964. The van der Waals surface area contributed by atoms with E-state index in [1.54, 1.807) is 0 Å². The molecular formula is C26H39NO14. The van der Waals surface area contributed by atoms with Gasteiger partial charge in [0, 0.05) is 41.2 Å². The van der Waals surface area contributed by atoms with Crippen molar-refractivity contribution < 1.29 is 66.7 Å². The minimum atomic E-state index is -2.24. The lowest BCUT2D eigenvalue weighted by atomic mass is 9.88. The third kappa shape index (κ3) is 10.2. The summed E-state index contributed by atoms with van der Waals surface area (Å²) in [5, 5.41) is 2.60. The summed E-state index contributed by atoms with van der Waals surface area (Å²) in [7, 11) is 1.09. The Hall–Kier alpha value is -3.30. The molecule has 41 heavy (non-hydrogen) atoms. The van der Waals surface area contributed by atoms with E-state index in [1.165, 1.54) is 6.92 Å². The highest BCUT2D eigenvalue weighted by Crippen LogP contribution is 2.37. The van der Waals surface area contributed by atoms with Crippen molar-refractivity contribution in [2.45, 2.75) is 103 Å². The third-order valence-electron chi connectivity index (χ3n) is 6.27. The number of nitrogens with one attached hydrogen (secondary N) is 1. The zero-order chi connectivity index (χ0) is 30.7. The first-order valence-corrected chi connectivity index (χ1v) is 13.2. The topological polar surface area (TPSA) is 188 Å². The highest BCUT2D eigenvalue weighted by Gasteiger charge is 2.59. The van der Waals surface area contributed by atoms with Gasteiger partial charge >= 0.3 is 29.8 Å². The van der Waals surface area contributed by atoms with E-state index in [1.807, 2.05) is 0 Å². The number of amides is 1. The number of rotatable bonds is 12. The van der Waals surface area contributed by atoms with Gasteiger partial charge in [-0.1, -0.05) is 0 Å². The maximum absolute atomic E-state index is 13.3. The van der Waals surface area contributed by atoms with E-state index in [0.717, 1.165) is 47.6 Å². The van der Waals surface area contributed by atoms with E-state index in [4.69, 9.17) is 37.9 Å². The number of esters is 5. The van der Waals surface area contributed by atoms with Crippen LogP contribution in [0, 0.1) is 0 Å². The van der Waals surface area contributed by atoms with Crippen molar-refractivity contribution in [3.63, 3.8) is 0 Å². The fraction of sp³-hybridized carbons (Fsp3) is 0.769. The third-order valence-corrected chi connectivity index (χ3v) is 6.27. The monoisotopic (exact) mass is 589 g/mol. The molecule has 0 aromatic heterocycles. The number of carbonyl (C=O) groups excluding carboxylic acids is 6. The largest absolute Gasteiger partial charge is 0.465 e. The summed E-state index contributed by atoms with van der Waals surface area (Å²) >= 11 is 0. The Balaban J connectivity index is 2.65. The SMILES string of the molecule is COC(=O)[C@@]1(OC[C@@H]2CCCCO2)C[C@H](OC(C)=O)[C@@H](NC(C)=O)[C@H]([C@H](OC(C)=O)C(COC(C)=O)OC(C)=O)O1. The summed E-state index contributed by atoms with van der Waals surface area (Å²) in [4.78, 5) is 73.5. The van der Waals surface area contributed by atoms with E-state index >= 15 is 0 Å². The van der Waals surface area contributed by atoms with Crippen molar-refractivity contribution in [3.8, 4) is 0 Å². The van der Waals surface area contributed by atoms with Gasteiger partial charge in [0.05, 0.1) is 32.3 Å². The Morgan fingerprint density at radius 1 is 0.927 bits per heavy atom. The smallest absolute Gasteiger partial charge is 0.366 e.